The molecule has 1 aromatic carbocycles. The quantitative estimate of drug-likeness (QED) is 0.847. The summed E-state index contributed by atoms with van der Waals surface area (Å²) in [6, 6.07) is 10.2. The molecule has 1 aromatic heterocycles. The van der Waals surface area contributed by atoms with Crippen molar-refractivity contribution in [3.8, 4) is 0 Å². The van der Waals surface area contributed by atoms with Gasteiger partial charge >= 0.3 is 0 Å². The van der Waals surface area contributed by atoms with Gasteiger partial charge in [0, 0.05) is 12.1 Å². The van der Waals surface area contributed by atoms with Gasteiger partial charge in [-0.1, -0.05) is 24.3 Å². The fraction of sp³-hybridized carbons (Fsp3) is 0.235. The minimum Gasteiger partial charge on any atom is -0.367 e. The minimum atomic E-state index is -0.817. The smallest absolute Gasteiger partial charge is 0.254 e. The molecule has 1 aliphatic rings. The summed E-state index contributed by atoms with van der Waals surface area (Å²) >= 11 is 1.33. The van der Waals surface area contributed by atoms with Crippen molar-refractivity contribution in [2.24, 2.45) is 5.73 Å². The van der Waals surface area contributed by atoms with Crippen LogP contribution < -0.4 is 5.73 Å². The molecule has 2 amide bonds. The number of hydrogen-bond donors (Lipinski definition) is 1. The summed E-state index contributed by atoms with van der Waals surface area (Å²) in [5, 5.41) is 1.82. The lowest BCUT2D eigenvalue weighted by Gasteiger charge is -2.31. The Morgan fingerprint density at radius 2 is 1.88 bits per heavy atom. The van der Waals surface area contributed by atoms with Crippen LogP contribution in [0.15, 0.2) is 41.8 Å². The Balaban J connectivity index is 1.88. The number of carbonyl (C=O) groups excluding carboxylic acids is 3. The first-order chi connectivity index (χ1) is 11.6. The highest BCUT2D eigenvalue weighted by atomic mass is 32.1. The van der Waals surface area contributed by atoms with Crippen molar-refractivity contribution in [3.63, 3.8) is 0 Å². The SMILES string of the molecule is NC(=O)[C@H]1CN(C(=O)c2ccccc2C(=O)c2cccs2)CCO1. The van der Waals surface area contributed by atoms with Gasteiger partial charge in [-0.2, -0.15) is 0 Å². The Kier molecular flexibility index (Phi) is 4.73. The van der Waals surface area contributed by atoms with Crippen LogP contribution in [0.3, 0.4) is 0 Å². The van der Waals surface area contributed by atoms with E-state index in [0.29, 0.717) is 22.5 Å². The second kappa shape index (κ2) is 6.94. The number of rotatable bonds is 4. The molecular weight excluding hydrogens is 328 g/mol. The Labute approximate surface area is 142 Å². The second-order valence-electron chi connectivity index (χ2n) is 5.36. The Morgan fingerprint density at radius 3 is 2.54 bits per heavy atom. The number of thiophene rings is 1. The van der Waals surface area contributed by atoms with Crippen LogP contribution in [0.2, 0.25) is 0 Å². The van der Waals surface area contributed by atoms with Crippen molar-refractivity contribution < 1.29 is 19.1 Å². The average molecular weight is 344 g/mol. The summed E-state index contributed by atoms with van der Waals surface area (Å²) in [7, 11) is 0. The van der Waals surface area contributed by atoms with Crippen molar-refractivity contribution in [3.05, 3.63) is 57.8 Å². The maximum atomic E-state index is 12.8. The third-order valence-corrected chi connectivity index (χ3v) is 4.69. The number of nitrogens with zero attached hydrogens (tertiary/aromatic N) is 1. The summed E-state index contributed by atoms with van der Waals surface area (Å²) in [5.41, 5.74) is 5.93. The maximum absolute atomic E-state index is 12.8. The van der Waals surface area contributed by atoms with Crippen molar-refractivity contribution in [2.45, 2.75) is 6.10 Å². The zero-order valence-electron chi connectivity index (χ0n) is 12.8. The lowest BCUT2D eigenvalue weighted by Crippen LogP contribution is -2.50. The summed E-state index contributed by atoms with van der Waals surface area (Å²) in [5.74, 6) is -1.09. The fourth-order valence-electron chi connectivity index (χ4n) is 2.58. The van der Waals surface area contributed by atoms with E-state index in [2.05, 4.69) is 0 Å². The van der Waals surface area contributed by atoms with Crippen LogP contribution in [-0.2, 0) is 9.53 Å². The topological polar surface area (TPSA) is 89.7 Å². The third-order valence-electron chi connectivity index (χ3n) is 3.82. The van der Waals surface area contributed by atoms with E-state index in [-0.39, 0.29) is 24.8 Å². The number of hydrogen-bond acceptors (Lipinski definition) is 5. The van der Waals surface area contributed by atoms with Crippen LogP contribution >= 0.6 is 11.3 Å². The molecule has 1 atom stereocenters. The largest absolute Gasteiger partial charge is 0.367 e. The normalized spacial score (nSPS) is 17.5. The molecule has 0 bridgehead atoms. The lowest BCUT2D eigenvalue weighted by atomic mass is 10.0. The third kappa shape index (κ3) is 3.22. The highest BCUT2D eigenvalue weighted by Crippen LogP contribution is 2.20. The van der Waals surface area contributed by atoms with E-state index in [1.54, 1.807) is 36.4 Å². The van der Waals surface area contributed by atoms with Gasteiger partial charge < -0.3 is 15.4 Å². The second-order valence-corrected chi connectivity index (χ2v) is 6.31. The number of nitrogens with two attached hydrogens (primary N) is 1. The zero-order valence-corrected chi connectivity index (χ0v) is 13.6. The fourth-order valence-corrected chi connectivity index (χ4v) is 3.26. The van der Waals surface area contributed by atoms with E-state index in [4.69, 9.17) is 10.5 Å². The van der Waals surface area contributed by atoms with E-state index in [1.807, 2.05) is 5.38 Å². The highest BCUT2D eigenvalue weighted by molar-refractivity contribution is 7.12. The molecule has 2 heterocycles. The summed E-state index contributed by atoms with van der Waals surface area (Å²) in [6.07, 6.45) is -0.817. The predicted molar refractivity (Wildman–Crippen MR) is 89.0 cm³/mol. The Hall–Kier alpha value is -2.51. The van der Waals surface area contributed by atoms with E-state index >= 15 is 0 Å². The molecule has 1 fully saturated rings. The molecule has 0 radical (unpaired) electrons. The Bertz CT molecular complexity index is 773. The molecule has 7 heteroatoms. The number of ether oxygens (including phenoxy) is 1. The number of primary amides is 1. The molecule has 0 saturated carbocycles. The molecule has 1 saturated heterocycles. The lowest BCUT2D eigenvalue weighted by molar-refractivity contribution is -0.133. The Morgan fingerprint density at radius 1 is 1.12 bits per heavy atom. The van der Waals surface area contributed by atoms with Gasteiger partial charge in [-0.05, 0) is 17.5 Å². The van der Waals surface area contributed by atoms with Crippen molar-refractivity contribution in [2.75, 3.05) is 19.7 Å². The van der Waals surface area contributed by atoms with Gasteiger partial charge in [0.05, 0.1) is 23.6 Å². The number of morpholine rings is 1. The molecule has 124 valence electrons. The van der Waals surface area contributed by atoms with Crippen LogP contribution in [0.25, 0.3) is 0 Å². The van der Waals surface area contributed by atoms with Gasteiger partial charge in [-0.3, -0.25) is 14.4 Å². The van der Waals surface area contributed by atoms with Gasteiger partial charge in [-0.15, -0.1) is 11.3 Å². The first-order valence-corrected chi connectivity index (χ1v) is 8.33. The molecule has 3 rings (SSSR count). The standard InChI is InChI=1S/C17H16N2O4S/c18-16(21)13-10-19(7-8-23-13)17(22)12-5-2-1-4-11(12)15(20)14-6-3-9-24-14/h1-6,9,13H,7-8,10H2,(H2,18,21)/t13-/m1/s1. The number of amides is 2. The van der Waals surface area contributed by atoms with Gasteiger partial charge in [0.1, 0.15) is 0 Å². The van der Waals surface area contributed by atoms with E-state index < -0.39 is 12.0 Å². The van der Waals surface area contributed by atoms with Crippen LogP contribution in [0.1, 0.15) is 25.6 Å². The summed E-state index contributed by atoms with van der Waals surface area (Å²) < 4.78 is 5.26. The van der Waals surface area contributed by atoms with Gasteiger partial charge in [-0.25, -0.2) is 0 Å². The maximum Gasteiger partial charge on any atom is 0.254 e. The molecule has 0 spiro atoms. The monoisotopic (exact) mass is 344 g/mol. The van der Waals surface area contributed by atoms with Crippen LogP contribution in [0.4, 0.5) is 0 Å². The van der Waals surface area contributed by atoms with Crippen molar-refractivity contribution in [1.29, 1.82) is 0 Å². The van der Waals surface area contributed by atoms with Crippen molar-refractivity contribution in [1.82, 2.24) is 4.90 Å². The summed E-state index contributed by atoms with van der Waals surface area (Å²) in [6.45, 7) is 0.681. The van der Waals surface area contributed by atoms with E-state index in [1.165, 1.54) is 16.2 Å². The van der Waals surface area contributed by atoms with Crippen LogP contribution in [-0.4, -0.2) is 48.3 Å². The van der Waals surface area contributed by atoms with Gasteiger partial charge in [0.15, 0.2) is 6.10 Å². The van der Waals surface area contributed by atoms with E-state index in [9.17, 15) is 14.4 Å². The molecule has 1 aliphatic heterocycles. The van der Waals surface area contributed by atoms with Crippen molar-refractivity contribution >= 4 is 28.9 Å². The van der Waals surface area contributed by atoms with Gasteiger partial charge in [0.2, 0.25) is 11.7 Å². The predicted octanol–water partition coefficient (Wildman–Crippen LogP) is 1.31. The van der Waals surface area contributed by atoms with Gasteiger partial charge in [0.25, 0.3) is 5.91 Å². The molecule has 2 aromatic rings. The number of carbonyl (C=O) groups is 3. The first-order valence-electron chi connectivity index (χ1n) is 7.45. The van der Waals surface area contributed by atoms with Crippen LogP contribution in [0.5, 0.6) is 0 Å². The molecular formula is C17H16N2O4S. The molecule has 6 nitrogen and oxygen atoms in total. The molecule has 2 N–H and O–H groups in total. The van der Waals surface area contributed by atoms with Crippen LogP contribution in [0, 0.1) is 0 Å². The molecule has 0 unspecified atom stereocenters. The number of ketones is 1. The average Bonchev–Trinajstić information content (AvgIpc) is 3.15. The minimum absolute atomic E-state index is 0.0929. The first kappa shape index (κ1) is 16.4. The molecule has 24 heavy (non-hydrogen) atoms. The van der Waals surface area contributed by atoms with E-state index in [0.717, 1.165) is 0 Å². The number of benzene rings is 1. The highest BCUT2D eigenvalue weighted by Gasteiger charge is 2.30. The summed E-state index contributed by atoms with van der Waals surface area (Å²) in [4.78, 5) is 38.8. The molecule has 0 aliphatic carbocycles. The zero-order chi connectivity index (χ0) is 17.1.